The lowest BCUT2D eigenvalue weighted by molar-refractivity contribution is -0.124. The normalized spacial score (nSPS) is 16.7. The molecule has 0 aliphatic heterocycles. The van der Waals surface area contributed by atoms with Crippen molar-refractivity contribution in [3.63, 3.8) is 0 Å². The Bertz CT molecular complexity index is 713. The number of hydrogen-bond donors (Lipinski definition) is 2. The Labute approximate surface area is 139 Å². The van der Waals surface area contributed by atoms with Crippen LogP contribution in [0.15, 0.2) is 48.5 Å². The second kappa shape index (κ2) is 6.30. The van der Waals surface area contributed by atoms with Crippen molar-refractivity contribution in [2.45, 2.75) is 24.4 Å². The molecule has 3 rings (SSSR count). The molecule has 0 radical (unpaired) electrons. The smallest absolute Gasteiger partial charge is 0.230 e. The van der Waals surface area contributed by atoms with E-state index in [9.17, 15) is 14.3 Å². The fourth-order valence-corrected chi connectivity index (χ4v) is 2.86. The van der Waals surface area contributed by atoms with Gasteiger partial charge < -0.3 is 10.4 Å². The van der Waals surface area contributed by atoms with E-state index in [1.165, 1.54) is 18.2 Å². The first kappa shape index (κ1) is 16.0. The van der Waals surface area contributed by atoms with Gasteiger partial charge in [0, 0.05) is 11.6 Å². The van der Waals surface area contributed by atoms with Gasteiger partial charge in [-0.2, -0.15) is 0 Å². The third-order valence-corrected chi connectivity index (χ3v) is 4.52. The molecule has 2 aromatic rings. The van der Waals surface area contributed by atoms with Gasteiger partial charge in [0.05, 0.1) is 11.5 Å². The maximum atomic E-state index is 13.2. The number of aliphatic hydroxyl groups is 1. The Morgan fingerprint density at radius 2 is 1.96 bits per heavy atom. The molecule has 1 aliphatic rings. The molecule has 1 fully saturated rings. The Morgan fingerprint density at radius 3 is 2.57 bits per heavy atom. The third-order valence-electron chi connectivity index (χ3n) is 4.27. The summed E-state index contributed by atoms with van der Waals surface area (Å²) in [5, 5.41) is 13.5. The lowest BCUT2D eigenvalue weighted by Crippen LogP contribution is -2.37. The van der Waals surface area contributed by atoms with E-state index in [1.54, 1.807) is 18.2 Å². The molecule has 120 valence electrons. The molecule has 2 N–H and O–H groups in total. The monoisotopic (exact) mass is 333 g/mol. The summed E-state index contributed by atoms with van der Waals surface area (Å²) in [6, 6.07) is 13.0. The maximum absolute atomic E-state index is 13.2. The zero-order valence-electron chi connectivity index (χ0n) is 12.4. The van der Waals surface area contributed by atoms with Crippen molar-refractivity contribution in [1.82, 2.24) is 5.32 Å². The van der Waals surface area contributed by atoms with Gasteiger partial charge in [0.2, 0.25) is 5.91 Å². The van der Waals surface area contributed by atoms with Crippen LogP contribution in [0.2, 0.25) is 5.02 Å². The van der Waals surface area contributed by atoms with Crippen molar-refractivity contribution in [3.8, 4) is 0 Å². The molecule has 0 heterocycles. The minimum atomic E-state index is -0.935. The van der Waals surface area contributed by atoms with Crippen molar-refractivity contribution in [1.29, 1.82) is 0 Å². The van der Waals surface area contributed by atoms with Crippen LogP contribution in [0.4, 0.5) is 4.39 Å². The van der Waals surface area contributed by atoms with Crippen LogP contribution in [-0.2, 0) is 10.2 Å². The van der Waals surface area contributed by atoms with Crippen LogP contribution in [0.25, 0.3) is 0 Å². The molecule has 2 aromatic carbocycles. The molecule has 1 unspecified atom stereocenters. The first-order valence-electron chi connectivity index (χ1n) is 7.49. The lowest BCUT2D eigenvalue weighted by atomic mass is 9.95. The Hall–Kier alpha value is -1.91. The number of carbonyl (C=O) groups excluding carboxylic acids is 1. The second-order valence-electron chi connectivity index (χ2n) is 5.87. The van der Waals surface area contributed by atoms with E-state index in [4.69, 9.17) is 11.6 Å². The van der Waals surface area contributed by atoms with Crippen molar-refractivity contribution in [2.75, 3.05) is 6.54 Å². The zero-order valence-corrected chi connectivity index (χ0v) is 13.2. The van der Waals surface area contributed by atoms with Crippen LogP contribution >= 0.6 is 11.6 Å². The van der Waals surface area contributed by atoms with E-state index in [1.807, 2.05) is 12.1 Å². The number of amides is 1. The van der Waals surface area contributed by atoms with Crippen LogP contribution in [-0.4, -0.2) is 17.6 Å². The fraction of sp³-hybridized carbons (Fsp3) is 0.278. The van der Waals surface area contributed by atoms with E-state index in [0.29, 0.717) is 10.6 Å². The van der Waals surface area contributed by atoms with Crippen LogP contribution in [0.5, 0.6) is 0 Å². The summed E-state index contributed by atoms with van der Waals surface area (Å²) in [5.41, 5.74) is 0.855. The van der Waals surface area contributed by atoms with Crippen LogP contribution in [0, 0.1) is 5.82 Å². The molecule has 0 spiro atoms. The van der Waals surface area contributed by atoms with Crippen molar-refractivity contribution in [3.05, 3.63) is 70.5 Å². The van der Waals surface area contributed by atoms with E-state index in [-0.39, 0.29) is 12.5 Å². The summed E-state index contributed by atoms with van der Waals surface area (Å²) in [4.78, 5) is 12.5. The number of halogens is 2. The van der Waals surface area contributed by atoms with E-state index in [2.05, 4.69) is 5.32 Å². The maximum Gasteiger partial charge on any atom is 0.230 e. The fourth-order valence-electron chi connectivity index (χ4n) is 2.73. The minimum absolute atomic E-state index is 0.0532. The molecule has 0 aromatic heterocycles. The first-order valence-corrected chi connectivity index (χ1v) is 7.87. The molecular formula is C18H17ClFNO2. The van der Waals surface area contributed by atoms with Gasteiger partial charge in [-0.1, -0.05) is 35.9 Å². The topological polar surface area (TPSA) is 49.3 Å². The number of hydrogen-bond acceptors (Lipinski definition) is 2. The zero-order chi connectivity index (χ0) is 16.4. The molecular weight excluding hydrogens is 317 g/mol. The highest BCUT2D eigenvalue weighted by Gasteiger charge is 2.51. The van der Waals surface area contributed by atoms with Gasteiger partial charge >= 0.3 is 0 Å². The first-order chi connectivity index (χ1) is 11.0. The van der Waals surface area contributed by atoms with E-state index < -0.39 is 17.3 Å². The van der Waals surface area contributed by atoms with E-state index >= 15 is 0 Å². The lowest BCUT2D eigenvalue weighted by Gasteiger charge is -2.18. The van der Waals surface area contributed by atoms with Gasteiger partial charge in [-0.05, 0) is 48.2 Å². The molecule has 1 atom stereocenters. The number of carbonyl (C=O) groups is 1. The van der Waals surface area contributed by atoms with Gasteiger partial charge in [-0.15, -0.1) is 0 Å². The molecule has 0 bridgehead atoms. The van der Waals surface area contributed by atoms with Gasteiger partial charge in [-0.25, -0.2) is 4.39 Å². The van der Waals surface area contributed by atoms with Gasteiger partial charge in [0.1, 0.15) is 5.82 Å². The molecule has 5 heteroatoms. The molecule has 1 saturated carbocycles. The highest BCUT2D eigenvalue weighted by atomic mass is 35.5. The average Bonchev–Trinajstić information content (AvgIpc) is 3.35. The summed E-state index contributed by atoms with van der Waals surface area (Å²) in [6.45, 7) is 0.0532. The quantitative estimate of drug-likeness (QED) is 0.881. The van der Waals surface area contributed by atoms with Gasteiger partial charge in [0.15, 0.2) is 0 Å². The second-order valence-corrected chi connectivity index (χ2v) is 6.31. The number of rotatable bonds is 5. The SMILES string of the molecule is O=C(NCC(O)c1cccc(F)c1)C1(c2ccc(Cl)cc2)CC1. The highest BCUT2D eigenvalue weighted by molar-refractivity contribution is 6.30. The molecule has 1 aliphatic carbocycles. The number of benzene rings is 2. The Balaban J connectivity index is 1.64. The Morgan fingerprint density at radius 1 is 1.26 bits per heavy atom. The predicted octanol–water partition coefficient (Wildman–Crippen LogP) is 3.36. The molecule has 23 heavy (non-hydrogen) atoms. The molecule has 0 saturated heterocycles. The van der Waals surface area contributed by atoms with Crippen LogP contribution in [0.1, 0.15) is 30.1 Å². The highest BCUT2D eigenvalue weighted by Crippen LogP contribution is 2.48. The van der Waals surface area contributed by atoms with Gasteiger partial charge in [-0.3, -0.25) is 4.79 Å². The van der Waals surface area contributed by atoms with Crippen molar-refractivity contribution >= 4 is 17.5 Å². The summed E-state index contributed by atoms with van der Waals surface area (Å²) in [5.74, 6) is -0.525. The van der Waals surface area contributed by atoms with E-state index in [0.717, 1.165) is 18.4 Å². The van der Waals surface area contributed by atoms with Gasteiger partial charge in [0.25, 0.3) is 0 Å². The summed E-state index contributed by atoms with van der Waals surface area (Å²) in [6.07, 6.45) is 0.614. The largest absolute Gasteiger partial charge is 0.387 e. The Kier molecular flexibility index (Phi) is 4.37. The average molecular weight is 334 g/mol. The number of aliphatic hydroxyl groups excluding tert-OH is 1. The van der Waals surface area contributed by atoms with Crippen LogP contribution in [0.3, 0.4) is 0 Å². The van der Waals surface area contributed by atoms with Crippen molar-refractivity contribution < 1.29 is 14.3 Å². The summed E-state index contributed by atoms with van der Waals surface area (Å²) >= 11 is 5.88. The van der Waals surface area contributed by atoms with Crippen molar-refractivity contribution in [2.24, 2.45) is 0 Å². The molecule has 1 amide bonds. The summed E-state index contributed by atoms with van der Waals surface area (Å²) < 4.78 is 13.2. The minimum Gasteiger partial charge on any atom is -0.387 e. The standard InChI is InChI=1S/C18H17ClFNO2/c19-14-6-4-13(5-7-14)18(8-9-18)17(23)21-11-16(22)12-2-1-3-15(20)10-12/h1-7,10,16,22H,8-9,11H2,(H,21,23). The predicted molar refractivity (Wildman–Crippen MR) is 86.7 cm³/mol. The third kappa shape index (κ3) is 3.38. The number of nitrogens with one attached hydrogen (secondary N) is 1. The van der Waals surface area contributed by atoms with Crippen LogP contribution < -0.4 is 5.32 Å². The molecule has 3 nitrogen and oxygen atoms in total. The summed E-state index contributed by atoms with van der Waals surface area (Å²) in [7, 11) is 0.